The van der Waals surface area contributed by atoms with Gasteiger partial charge in [0.15, 0.2) is 5.82 Å². The fraction of sp³-hybridized carbons (Fsp3) is 0.448. The Balaban J connectivity index is 1.27. The Morgan fingerprint density at radius 2 is 1.73 bits per heavy atom. The van der Waals surface area contributed by atoms with E-state index in [1.54, 1.807) is 13.3 Å². The Bertz CT molecular complexity index is 1370. The predicted molar refractivity (Wildman–Crippen MR) is 166 cm³/mol. The van der Waals surface area contributed by atoms with Crippen LogP contribution in [0.2, 0.25) is 5.02 Å². The van der Waals surface area contributed by atoms with Crippen molar-refractivity contribution in [3.63, 3.8) is 0 Å². The molecule has 2 saturated heterocycles. The van der Waals surface area contributed by atoms with Crippen LogP contribution in [0.1, 0.15) is 18.4 Å². The van der Waals surface area contributed by atoms with Crippen molar-refractivity contribution in [3.05, 3.63) is 59.2 Å². The summed E-state index contributed by atoms with van der Waals surface area (Å²) in [5.74, 6) is 0.751. The maximum absolute atomic E-state index is 12.8. The van der Waals surface area contributed by atoms with Gasteiger partial charge in [0.25, 0.3) is 0 Å². The van der Waals surface area contributed by atoms with Crippen molar-refractivity contribution >= 4 is 52.9 Å². The molecule has 2 aromatic carbocycles. The van der Waals surface area contributed by atoms with Gasteiger partial charge < -0.3 is 30.1 Å². The number of likely N-dealkylation sites (N-methyl/N-ethyl adjacent to an activating group) is 1. The summed E-state index contributed by atoms with van der Waals surface area (Å²) >= 11 is 6.41. The fourth-order valence-corrected chi connectivity index (χ4v) is 6.81. The van der Waals surface area contributed by atoms with Crippen molar-refractivity contribution in [3.8, 4) is 0 Å². The lowest BCUT2D eigenvalue weighted by atomic mass is 10.0. The first-order chi connectivity index (χ1) is 19.2. The number of nitrogens with zero attached hydrogens (tertiary/aromatic N) is 5. The maximum atomic E-state index is 12.8. The van der Waals surface area contributed by atoms with Gasteiger partial charge in [-0.05, 0) is 63.6 Å². The third-order valence-corrected chi connectivity index (χ3v) is 9.70. The molecule has 3 aromatic rings. The molecule has 0 aliphatic carbocycles. The highest BCUT2D eigenvalue weighted by Gasteiger charge is 2.27. The van der Waals surface area contributed by atoms with Crippen LogP contribution in [0.25, 0.3) is 0 Å². The van der Waals surface area contributed by atoms with Crippen LogP contribution in [0.15, 0.2) is 48.7 Å². The van der Waals surface area contributed by atoms with Crippen LogP contribution < -0.4 is 20.8 Å². The molecule has 2 fully saturated rings. The summed E-state index contributed by atoms with van der Waals surface area (Å²) in [4.78, 5) is 16.4. The molecule has 3 heterocycles. The van der Waals surface area contributed by atoms with E-state index in [-0.39, 0.29) is 6.61 Å². The van der Waals surface area contributed by atoms with E-state index in [1.807, 2.05) is 36.4 Å². The second kappa shape index (κ2) is 12.5. The van der Waals surface area contributed by atoms with Gasteiger partial charge >= 0.3 is 0 Å². The second-order valence-electron chi connectivity index (χ2n) is 11.1. The first kappa shape index (κ1) is 28.8. The van der Waals surface area contributed by atoms with Crippen LogP contribution in [-0.2, 0) is 11.2 Å². The van der Waals surface area contributed by atoms with Gasteiger partial charge in [-0.25, -0.2) is 4.98 Å². The molecule has 2 aliphatic rings. The number of hydrogen-bond acceptors (Lipinski definition) is 9. The lowest BCUT2D eigenvalue weighted by Crippen LogP contribution is -2.52. The maximum Gasteiger partial charge on any atom is 0.229 e. The zero-order valence-corrected chi connectivity index (χ0v) is 25.1. The summed E-state index contributed by atoms with van der Waals surface area (Å²) in [6.07, 6.45) is 3.83. The van der Waals surface area contributed by atoms with E-state index in [0.717, 1.165) is 74.4 Å². The van der Waals surface area contributed by atoms with Crippen molar-refractivity contribution in [1.29, 1.82) is 0 Å². The van der Waals surface area contributed by atoms with Crippen molar-refractivity contribution < 1.29 is 9.67 Å². The average molecular weight is 584 g/mol. The molecule has 40 heavy (non-hydrogen) atoms. The first-order valence-electron chi connectivity index (χ1n) is 13.8. The molecule has 9 nitrogen and oxygen atoms in total. The molecule has 0 amide bonds. The first-order valence-corrected chi connectivity index (χ1v) is 16.8. The Kier molecular flexibility index (Phi) is 8.98. The van der Waals surface area contributed by atoms with Crippen molar-refractivity contribution in [2.75, 3.05) is 75.2 Å². The highest BCUT2D eigenvalue weighted by Crippen LogP contribution is 2.39. The molecule has 214 valence electrons. The number of aliphatic hydroxyl groups excluding tert-OH is 1. The van der Waals surface area contributed by atoms with Gasteiger partial charge in [0.2, 0.25) is 5.95 Å². The number of aliphatic hydroxyl groups is 1. The van der Waals surface area contributed by atoms with E-state index in [9.17, 15) is 9.67 Å². The summed E-state index contributed by atoms with van der Waals surface area (Å²) in [6.45, 7) is 9.99. The minimum absolute atomic E-state index is 0.109. The molecule has 11 heteroatoms. The van der Waals surface area contributed by atoms with E-state index < -0.39 is 7.14 Å². The van der Waals surface area contributed by atoms with Gasteiger partial charge in [-0.15, -0.1) is 0 Å². The number of piperazine rings is 1. The third-order valence-electron chi connectivity index (χ3n) is 7.87. The summed E-state index contributed by atoms with van der Waals surface area (Å²) in [6, 6.07) is 14.2. The lowest BCUT2D eigenvalue weighted by Gasteiger charge is -2.42. The van der Waals surface area contributed by atoms with Gasteiger partial charge in [-0.3, -0.25) is 4.90 Å². The molecular weight excluding hydrogens is 545 g/mol. The van der Waals surface area contributed by atoms with Crippen LogP contribution in [0.5, 0.6) is 0 Å². The highest BCUT2D eigenvalue weighted by molar-refractivity contribution is 7.70. The molecule has 0 unspecified atom stereocenters. The molecule has 0 spiro atoms. The number of para-hydroxylation sites is 1. The Morgan fingerprint density at radius 3 is 2.42 bits per heavy atom. The molecule has 3 N–H and O–H groups in total. The van der Waals surface area contributed by atoms with Crippen molar-refractivity contribution in [2.45, 2.75) is 25.5 Å². The van der Waals surface area contributed by atoms with Gasteiger partial charge in [0, 0.05) is 67.6 Å². The number of nitrogens with one attached hydrogen (secondary N) is 2. The monoisotopic (exact) mass is 583 g/mol. The molecule has 0 atom stereocenters. The fourth-order valence-electron chi connectivity index (χ4n) is 5.52. The second-order valence-corrected chi connectivity index (χ2v) is 14.7. The molecule has 2 aliphatic heterocycles. The van der Waals surface area contributed by atoms with Crippen LogP contribution >= 0.6 is 18.7 Å². The van der Waals surface area contributed by atoms with Crippen LogP contribution in [0, 0.1) is 0 Å². The SMILES string of the molecule is CN1CCN(C2CCN(c3ccc(Nc4ncc(Cl)c(Nc5ccccc5P(C)(C)=O)n4)c(CO)c3)CC2)CC1. The van der Waals surface area contributed by atoms with E-state index in [0.29, 0.717) is 28.5 Å². The summed E-state index contributed by atoms with van der Waals surface area (Å²) in [7, 11) is -0.317. The van der Waals surface area contributed by atoms with Crippen LogP contribution in [-0.4, -0.2) is 90.6 Å². The number of rotatable bonds is 8. The number of hydrogen-bond donors (Lipinski definition) is 3. The molecule has 0 bridgehead atoms. The Morgan fingerprint density at radius 1 is 1.00 bits per heavy atom. The Hall–Kier alpha value is -2.68. The van der Waals surface area contributed by atoms with Gasteiger partial charge in [0.1, 0.15) is 12.2 Å². The highest BCUT2D eigenvalue weighted by atomic mass is 35.5. The van der Waals surface area contributed by atoms with Crippen molar-refractivity contribution in [1.82, 2.24) is 19.8 Å². The summed E-state index contributed by atoms with van der Waals surface area (Å²) in [5.41, 5.74) is 3.32. The standard InChI is InChI=1S/C29H39ClN7O2P/c1-35-14-16-37(17-15-35)22-10-12-36(13-11-22)23-8-9-25(21(18-23)20-38)33-29-31-19-24(30)28(34-29)32-26-6-4-5-7-27(26)40(2,3)39/h4-9,18-19,22,38H,10-17,20H2,1-3H3,(H2,31,32,33,34). The minimum Gasteiger partial charge on any atom is -0.392 e. The summed E-state index contributed by atoms with van der Waals surface area (Å²) < 4.78 is 12.8. The number of benzene rings is 2. The van der Waals surface area contributed by atoms with Crippen molar-refractivity contribution in [2.24, 2.45) is 0 Å². The quantitative estimate of drug-likeness (QED) is 0.329. The van der Waals surface area contributed by atoms with Gasteiger partial charge in [0.05, 0.1) is 18.5 Å². The molecule has 0 radical (unpaired) electrons. The molecule has 0 saturated carbocycles. The summed E-state index contributed by atoms with van der Waals surface area (Å²) in [5, 5.41) is 17.7. The van der Waals surface area contributed by atoms with Crippen LogP contribution in [0.4, 0.5) is 28.8 Å². The third kappa shape index (κ3) is 6.78. The number of anilines is 5. The largest absolute Gasteiger partial charge is 0.392 e. The zero-order chi connectivity index (χ0) is 28.3. The predicted octanol–water partition coefficient (Wildman–Crippen LogP) is 4.57. The average Bonchev–Trinajstić information content (AvgIpc) is 2.95. The lowest BCUT2D eigenvalue weighted by molar-refractivity contribution is 0.0982. The van der Waals surface area contributed by atoms with E-state index >= 15 is 0 Å². The van der Waals surface area contributed by atoms with Crippen LogP contribution in [0.3, 0.4) is 0 Å². The van der Waals surface area contributed by atoms with Gasteiger partial charge in [-0.2, -0.15) is 4.98 Å². The van der Waals surface area contributed by atoms with E-state index in [4.69, 9.17) is 11.6 Å². The number of piperidine rings is 1. The van der Waals surface area contributed by atoms with E-state index in [2.05, 4.69) is 48.4 Å². The Labute approximate surface area is 241 Å². The topological polar surface area (TPSA) is 96.9 Å². The minimum atomic E-state index is -2.52. The van der Waals surface area contributed by atoms with E-state index in [1.165, 1.54) is 6.20 Å². The normalized spacial score (nSPS) is 17.7. The number of halogens is 1. The smallest absolute Gasteiger partial charge is 0.229 e. The molecular formula is C29H39ClN7O2P. The molecule has 1 aromatic heterocycles. The zero-order valence-electron chi connectivity index (χ0n) is 23.5. The number of aromatic nitrogens is 2. The van der Waals surface area contributed by atoms with Gasteiger partial charge in [-0.1, -0.05) is 23.7 Å². The molecule has 5 rings (SSSR count).